The highest BCUT2D eigenvalue weighted by atomic mass is 35.5. The number of nitrogens with two attached hydrogens (primary N) is 1. The Morgan fingerprint density at radius 2 is 2.06 bits per heavy atom. The van der Waals surface area contributed by atoms with E-state index in [1.54, 1.807) is 6.07 Å². The van der Waals surface area contributed by atoms with Gasteiger partial charge in [-0.3, -0.25) is 0 Å². The molecule has 2 rings (SSSR count). The highest BCUT2D eigenvalue weighted by molar-refractivity contribution is 6.29. The van der Waals surface area contributed by atoms with Crippen LogP contribution < -0.4 is 10.5 Å². The molecular weight excluding hydrogens is 257 g/mol. The van der Waals surface area contributed by atoms with Crippen LogP contribution in [-0.4, -0.2) is 17.8 Å². The third-order valence-electron chi connectivity index (χ3n) is 2.52. The summed E-state index contributed by atoms with van der Waals surface area (Å²) in [5, 5.41) is 0.0800. The first-order valence-corrected chi connectivity index (χ1v) is 5.33. The zero-order valence-electron chi connectivity index (χ0n) is 8.72. The van der Waals surface area contributed by atoms with Crippen molar-refractivity contribution in [2.75, 3.05) is 6.61 Å². The Morgan fingerprint density at radius 3 is 2.59 bits per heavy atom. The zero-order valence-corrected chi connectivity index (χ0v) is 9.48. The van der Waals surface area contributed by atoms with E-state index in [-0.39, 0.29) is 11.0 Å². The lowest BCUT2D eigenvalue weighted by Gasteiger charge is -2.13. The number of hydrogen-bond acceptors (Lipinski definition) is 3. The van der Waals surface area contributed by atoms with Gasteiger partial charge in [-0.05, 0) is 24.5 Å². The molecule has 7 heteroatoms. The highest BCUT2D eigenvalue weighted by Crippen LogP contribution is 2.43. The Bertz CT molecular complexity index is 432. The van der Waals surface area contributed by atoms with Crippen molar-refractivity contribution >= 4 is 11.6 Å². The van der Waals surface area contributed by atoms with Crippen LogP contribution in [0.15, 0.2) is 12.1 Å². The molecule has 1 saturated carbocycles. The van der Waals surface area contributed by atoms with E-state index < -0.39 is 18.3 Å². The normalized spacial score (nSPS) is 17.9. The molecule has 1 heterocycles. The molecule has 0 radical (unpaired) electrons. The molecule has 3 nitrogen and oxygen atoms in total. The number of pyridine rings is 1. The molecule has 0 spiro atoms. The Morgan fingerprint density at radius 1 is 1.41 bits per heavy atom. The second kappa shape index (κ2) is 4.03. The zero-order chi connectivity index (χ0) is 12.7. The minimum absolute atomic E-state index is 0.0800. The van der Waals surface area contributed by atoms with E-state index in [4.69, 9.17) is 17.3 Å². The molecule has 0 amide bonds. The maximum Gasteiger partial charge on any atom is 0.422 e. The molecule has 17 heavy (non-hydrogen) atoms. The molecule has 1 aliphatic carbocycles. The fraction of sp³-hybridized carbons (Fsp3) is 0.500. The average Bonchev–Trinajstić information content (AvgIpc) is 2.93. The topological polar surface area (TPSA) is 48.1 Å². The number of aromatic nitrogens is 1. The van der Waals surface area contributed by atoms with Gasteiger partial charge in [-0.25, -0.2) is 4.98 Å². The molecule has 0 atom stereocenters. The fourth-order valence-corrected chi connectivity index (χ4v) is 1.61. The van der Waals surface area contributed by atoms with E-state index in [9.17, 15) is 13.2 Å². The minimum atomic E-state index is -4.40. The fourth-order valence-electron chi connectivity index (χ4n) is 1.41. The van der Waals surface area contributed by atoms with E-state index >= 15 is 0 Å². The van der Waals surface area contributed by atoms with Crippen molar-refractivity contribution in [2.24, 2.45) is 5.73 Å². The summed E-state index contributed by atoms with van der Waals surface area (Å²) >= 11 is 5.71. The van der Waals surface area contributed by atoms with Gasteiger partial charge in [0.05, 0.1) is 0 Å². The van der Waals surface area contributed by atoms with E-state index in [1.807, 2.05) is 0 Å². The maximum absolute atomic E-state index is 12.0. The van der Waals surface area contributed by atoms with Gasteiger partial charge < -0.3 is 10.5 Å². The number of halogens is 4. The van der Waals surface area contributed by atoms with Gasteiger partial charge >= 0.3 is 6.18 Å². The standard InChI is InChI=1S/C10H10ClF3N2O/c11-7-3-6(9(15)1-2-9)4-8(16-7)17-5-10(12,13)14/h3-4H,1-2,5,15H2. The summed E-state index contributed by atoms with van der Waals surface area (Å²) in [6, 6.07) is 2.96. The monoisotopic (exact) mass is 266 g/mol. The molecule has 0 saturated heterocycles. The second-order valence-corrected chi connectivity index (χ2v) is 4.46. The van der Waals surface area contributed by atoms with E-state index in [0.717, 1.165) is 12.8 Å². The molecule has 1 aromatic rings. The van der Waals surface area contributed by atoms with Gasteiger partial charge in [-0.15, -0.1) is 0 Å². The Balaban J connectivity index is 2.15. The predicted molar refractivity (Wildman–Crippen MR) is 55.9 cm³/mol. The van der Waals surface area contributed by atoms with E-state index in [2.05, 4.69) is 9.72 Å². The van der Waals surface area contributed by atoms with Crippen LogP contribution in [0.4, 0.5) is 13.2 Å². The van der Waals surface area contributed by atoms with E-state index in [0.29, 0.717) is 5.56 Å². The summed E-state index contributed by atoms with van der Waals surface area (Å²) in [5.74, 6) is -0.151. The summed E-state index contributed by atoms with van der Waals surface area (Å²) in [6.07, 6.45) is -2.83. The molecule has 1 fully saturated rings. The molecule has 2 N–H and O–H groups in total. The van der Waals surface area contributed by atoms with Gasteiger partial charge in [0.25, 0.3) is 0 Å². The summed E-state index contributed by atoms with van der Waals surface area (Å²) in [5.41, 5.74) is 6.10. The van der Waals surface area contributed by atoms with Crippen molar-refractivity contribution in [1.82, 2.24) is 4.98 Å². The van der Waals surface area contributed by atoms with Gasteiger partial charge in [-0.1, -0.05) is 11.6 Å². The van der Waals surface area contributed by atoms with Crippen molar-refractivity contribution in [3.8, 4) is 5.88 Å². The van der Waals surface area contributed by atoms with Crippen LogP contribution in [0.3, 0.4) is 0 Å². The Hall–Kier alpha value is -1.01. The molecule has 94 valence electrons. The lowest BCUT2D eigenvalue weighted by molar-refractivity contribution is -0.154. The van der Waals surface area contributed by atoms with Crippen LogP contribution in [0, 0.1) is 0 Å². The first kappa shape index (κ1) is 12.4. The van der Waals surface area contributed by atoms with Crippen LogP contribution >= 0.6 is 11.6 Å². The van der Waals surface area contributed by atoms with Crippen LogP contribution in [0.5, 0.6) is 5.88 Å². The summed E-state index contributed by atoms with van der Waals surface area (Å²) in [7, 11) is 0. The largest absolute Gasteiger partial charge is 0.468 e. The van der Waals surface area contributed by atoms with Gasteiger partial charge in [-0.2, -0.15) is 13.2 Å². The third kappa shape index (κ3) is 3.23. The van der Waals surface area contributed by atoms with Crippen molar-refractivity contribution < 1.29 is 17.9 Å². The van der Waals surface area contributed by atoms with E-state index in [1.165, 1.54) is 6.07 Å². The maximum atomic E-state index is 12.0. The van der Waals surface area contributed by atoms with Gasteiger partial charge in [0.15, 0.2) is 6.61 Å². The summed E-state index contributed by atoms with van der Waals surface area (Å²) < 4.78 is 40.5. The Labute approximate surface area is 101 Å². The molecule has 1 aliphatic rings. The molecular formula is C10H10ClF3N2O. The van der Waals surface area contributed by atoms with Gasteiger partial charge in [0.2, 0.25) is 5.88 Å². The predicted octanol–water partition coefficient (Wildman–Crippen LogP) is 2.62. The number of nitrogens with zero attached hydrogens (tertiary/aromatic N) is 1. The van der Waals surface area contributed by atoms with Crippen molar-refractivity contribution in [3.63, 3.8) is 0 Å². The van der Waals surface area contributed by atoms with Gasteiger partial charge in [0.1, 0.15) is 5.15 Å². The molecule has 0 aliphatic heterocycles. The highest BCUT2D eigenvalue weighted by Gasteiger charge is 2.40. The van der Waals surface area contributed by atoms with Crippen LogP contribution in [0.25, 0.3) is 0 Å². The summed E-state index contributed by atoms with van der Waals surface area (Å²) in [4.78, 5) is 3.67. The average molecular weight is 267 g/mol. The van der Waals surface area contributed by atoms with Crippen molar-refractivity contribution in [1.29, 1.82) is 0 Å². The SMILES string of the molecule is NC1(c2cc(Cl)nc(OCC(F)(F)F)c2)CC1. The lowest BCUT2D eigenvalue weighted by atomic mass is 10.1. The second-order valence-electron chi connectivity index (χ2n) is 4.08. The molecule has 0 bridgehead atoms. The quantitative estimate of drug-likeness (QED) is 0.856. The Kier molecular flexibility index (Phi) is 2.95. The number of rotatable bonds is 3. The third-order valence-corrected chi connectivity index (χ3v) is 2.71. The van der Waals surface area contributed by atoms with Gasteiger partial charge in [0, 0.05) is 11.6 Å². The molecule has 0 unspecified atom stereocenters. The molecule has 1 aromatic heterocycles. The van der Waals surface area contributed by atoms with Crippen LogP contribution in [0.2, 0.25) is 5.15 Å². The summed E-state index contributed by atoms with van der Waals surface area (Å²) in [6.45, 7) is -1.39. The number of alkyl halides is 3. The number of ether oxygens (including phenoxy) is 1. The first-order valence-electron chi connectivity index (χ1n) is 4.95. The first-order chi connectivity index (χ1) is 7.78. The molecule has 0 aromatic carbocycles. The van der Waals surface area contributed by atoms with Crippen LogP contribution in [0.1, 0.15) is 18.4 Å². The van der Waals surface area contributed by atoms with Crippen LogP contribution in [-0.2, 0) is 5.54 Å². The number of hydrogen-bond donors (Lipinski definition) is 1. The minimum Gasteiger partial charge on any atom is -0.468 e. The lowest BCUT2D eigenvalue weighted by Crippen LogP contribution is -2.21. The smallest absolute Gasteiger partial charge is 0.422 e. The van der Waals surface area contributed by atoms with Crippen molar-refractivity contribution in [2.45, 2.75) is 24.6 Å². The van der Waals surface area contributed by atoms with Crippen molar-refractivity contribution in [3.05, 3.63) is 22.8 Å².